The van der Waals surface area contributed by atoms with Crippen LogP contribution in [-0.4, -0.2) is 24.4 Å². The highest BCUT2D eigenvalue weighted by molar-refractivity contribution is 5.72. The maximum atomic E-state index is 5.28. The molecule has 0 saturated carbocycles. The van der Waals surface area contributed by atoms with Crippen LogP contribution >= 0.6 is 0 Å². The minimum atomic E-state index is -0.505. The normalized spacial score (nSPS) is 27.5. The van der Waals surface area contributed by atoms with E-state index in [1.54, 1.807) is 7.05 Å². The molecule has 0 saturated heterocycles. The van der Waals surface area contributed by atoms with Gasteiger partial charge >= 0.3 is 6.02 Å². The second-order valence-electron chi connectivity index (χ2n) is 1.52. The SMILES string of the molecule is CN1N=C(N)OC1N. The molecule has 1 rings (SSSR count). The fraction of sp³-hybridized carbons (Fsp3) is 0.667. The van der Waals surface area contributed by atoms with Crippen molar-refractivity contribution in [2.24, 2.45) is 16.6 Å². The van der Waals surface area contributed by atoms with E-state index >= 15 is 0 Å². The molecule has 5 nitrogen and oxygen atoms in total. The van der Waals surface area contributed by atoms with Crippen molar-refractivity contribution in [3.05, 3.63) is 0 Å². The zero-order valence-corrected chi connectivity index (χ0v) is 4.53. The van der Waals surface area contributed by atoms with E-state index in [9.17, 15) is 0 Å². The molecule has 4 N–H and O–H groups in total. The van der Waals surface area contributed by atoms with Crippen LogP contribution in [0.25, 0.3) is 0 Å². The van der Waals surface area contributed by atoms with Gasteiger partial charge in [0.25, 0.3) is 0 Å². The number of ether oxygens (including phenoxy) is 1. The minimum absolute atomic E-state index is 0.125. The Bertz CT molecular complexity index is 122. The summed E-state index contributed by atoms with van der Waals surface area (Å²) in [6, 6.07) is 0.125. The van der Waals surface area contributed by atoms with Gasteiger partial charge in [-0.15, -0.1) is 5.10 Å². The van der Waals surface area contributed by atoms with Crippen LogP contribution in [0.5, 0.6) is 0 Å². The van der Waals surface area contributed by atoms with E-state index in [2.05, 4.69) is 5.10 Å². The number of hydrogen-bond donors (Lipinski definition) is 2. The number of nitrogens with zero attached hydrogens (tertiary/aromatic N) is 2. The van der Waals surface area contributed by atoms with Gasteiger partial charge in [-0.1, -0.05) is 0 Å². The second kappa shape index (κ2) is 1.52. The Kier molecular flexibility index (Phi) is 0.980. The number of hydrazone groups is 1. The lowest BCUT2D eigenvalue weighted by molar-refractivity contribution is 0.0831. The predicted octanol–water partition coefficient (Wildman–Crippen LogP) is -1.58. The predicted molar refractivity (Wildman–Crippen MR) is 28.4 cm³/mol. The quantitative estimate of drug-likeness (QED) is 0.400. The minimum Gasteiger partial charge on any atom is -0.425 e. The summed E-state index contributed by atoms with van der Waals surface area (Å²) in [5, 5.41) is 5.09. The lowest BCUT2D eigenvalue weighted by atomic mass is 10.9. The lowest BCUT2D eigenvalue weighted by Crippen LogP contribution is -2.34. The van der Waals surface area contributed by atoms with Crippen molar-refractivity contribution in [1.29, 1.82) is 0 Å². The molecular weight excluding hydrogens is 108 g/mol. The van der Waals surface area contributed by atoms with Crippen LogP contribution in [0.2, 0.25) is 0 Å². The van der Waals surface area contributed by atoms with Gasteiger partial charge in [0.05, 0.1) is 0 Å². The molecule has 0 aromatic rings. The first-order valence-corrected chi connectivity index (χ1v) is 2.19. The highest BCUT2D eigenvalue weighted by Crippen LogP contribution is 1.99. The Hall–Kier alpha value is -0.970. The number of hydrogen-bond acceptors (Lipinski definition) is 5. The zero-order chi connectivity index (χ0) is 6.15. The van der Waals surface area contributed by atoms with Gasteiger partial charge in [0, 0.05) is 7.05 Å². The Morgan fingerprint density at radius 3 is 2.62 bits per heavy atom. The van der Waals surface area contributed by atoms with Crippen LogP contribution in [-0.2, 0) is 4.74 Å². The van der Waals surface area contributed by atoms with Crippen molar-refractivity contribution >= 4 is 6.02 Å². The standard InChI is InChI=1S/C3H8N4O/c1-7-3(5)8-2(4)6-7/h3H,5H2,1H3,(H2,4,6). The smallest absolute Gasteiger partial charge is 0.306 e. The highest BCUT2D eigenvalue weighted by Gasteiger charge is 2.16. The molecule has 5 heteroatoms. The Labute approximate surface area is 46.9 Å². The monoisotopic (exact) mass is 116 g/mol. The fourth-order valence-electron chi connectivity index (χ4n) is 0.436. The first kappa shape index (κ1) is 5.17. The van der Waals surface area contributed by atoms with E-state index in [1.165, 1.54) is 5.01 Å². The summed E-state index contributed by atoms with van der Waals surface area (Å²) in [6.07, 6.45) is -0.505. The van der Waals surface area contributed by atoms with Gasteiger partial charge in [0.1, 0.15) is 0 Å². The molecule has 0 amide bonds. The molecular formula is C3H8N4O. The first-order valence-electron chi connectivity index (χ1n) is 2.19. The molecule has 8 heavy (non-hydrogen) atoms. The summed E-state index contributed by atoms with van der Waals surface area (Å²) >= 11 is 0. The zero-order valence-electron chi connectivity index (χ0n) is 4.53. The largest absolute Gasteiger partial charge is 0.425 e. The van der Waals surface area contributed by atoms with Crippen LogP contribution in [0.3, 0.4) is 0 Å². The molecule has 0 spiro atoms. The van der Waals surface area contributed by atoms with Gasteiger partial charge in [-0.3, -0.25) is 5.73 Å². The molecule has 0 aromatic carbocycles. The molecule has 1 aliphatic rings. The number of rotatable bonds is 0. The molecule has 1 aliphatic heterocycles. The van der Waals surface area contributed by atoms with Crippen LogP contribution in [0.15, 0.2) is 5.10 Å². The Balaban J connectivity index is 2.56. The third-order valence-corrected chi connectivity index (χ3v) is 0.866. The van der Waals surface area contributed by atoms with E-state index < -0.39 is 6.35 Å². The van der Waals surface area contributed by atoms with E-state index in [0.717, 1.165) is 0 Å². The number of nitrogens with two attached hydrogens (primary N) is 2. The third kappa shape index (κ3) is 0.671. The van der Waals surface area contributed by atoms with Crippen LogP contribution < -0.4 is 11.5 Å². The van der Waals surface area contributed by atoms with Gasteiger partial charge in [-0.2, -0.15) is 0 Å². The topological polar surface area (TPSA) is 76.9 Å². The molecule has 0 aliphatic carbocycles. The molecule has 1 atom stereocenters. The number of amidine groups is 1. The van der Waals surface area contributed by atoms with Crippen LogP contribution in [0.1, 0.15) is 0 Å². The van der Waals surface area contributed by atoms with Gasteiger partial charge < -0.3 is 10.5 Å². The van der Waals surface area contributed by atoms with Crippen molar-refractivity contribution in [3.63, 3.8) is 0 Å². The van der Waals surface area contributed by atoms with Crippen molar-refractivity contribution in [1.82, 2.24) is 5.01 Å². The van der Waals surface area contributed by atoms with E-state index in [4.69, 9.17) is 16.2 Å². The van der Waals surface area contributed by atoms with Gasteiger partial charge in [-0.05, 0) is 0 Å². The Morgan fingerprint density at radius 2 is 2.50 bits per heavy atom. The molecule has 0 aromatic heterocycles. The first-order chi connectivity index (χ1) is 3.70. The maximum Gasteiger partial charge on any atom is 0.306 e. The van der Waals surface area contributed by atoms with Gasteiger partial charge in [0.2, 0.25) is 6.35 Å². The third-order valence-electron chi connectivity index (χ3n) is 0.866. The molecule has 0 bridgehead atoms. The van der Waals surface area contributed by atoms with E-state index in [1.807, 2.05) is 0 Å². The van der Waals surface area contributed by atoms with Crippen molar-refractivity contribution < 1.29 is 4.74 Å². The molecule has 0 fully saturated rings. The molecule has 1 unspecified atom stereocenters. The molecule has 46 valence electrons. The maximum absolute atomic E-state index is 5.28. The van der Waals surface area contributed by atoms with Crippen molar-refractivity contribution in [3.8, 4) is 0 Å². The van der Waals surface area contributed by atoms with Crippen LogP contribution in [0, 0.1) is 0 Å². The lowest BCUT2D eigenvalue weighted by Gasteiger charge is -2.09. The molecule has 0 radical (unpaired) electrons. The summed E-state index contributed by atoms with van der Waals surface area (Å²) in [6.45, 7) is 0. The van der Waals surface area contributed by atoms with Crippen molar-refractivity contribution in [2.75, 3.05) is 7.05 Å². The second-order valence-corrected chi connectivity index (χ2v) is 1.52. The summed E-state index contributed by atoms with van der Waals surface area (Å²) in [7, 11) is 1.69. The molecule has 1 heterocycles. The summed E-state index contributed by atoms with van der Waals surface area (Å²) in [5.41, 5.74) is 10.4. The fourth-order valence-corrected chi connectivity index (χ4v) is 0.436. The van der Waals surface area contributed by atoms with Crippen molar-refractivity contribution in [2.45, 2.75) is 6.35 Å². The van der Waals surface area contributed by atoms with Crippen LogP contribution in [0.4, 0.5) is 0 Å². The Morgan fingerprint density at radius 1 is 1.88 bits per heavy atom. The average molecular weight is 116 g/mol. The van der Waals surface area contributed by atoms with E-state index in [-0.39, 0.29) is 6.02 Å². The van der Waals surface area contributed by atoms with Gasteiger partial charge in [0.15, 0.2) is 0 Å². The average Bonchev–Trinajstić information content (AvgIpc) is 1.85. The summed E-state index contributed by atoms with van der Waals surface area (Å²) in [5.74, 6) is 0. The van der Waals surface area contributed by atoms with Gasteiger partial charge in [-0.25, -0.2) is 5.01 Å². The summed E-state index contributed by atoms with van der Waals surface area (Å²) < 4.78 is 4.70. The highest BCUT2D eigenvalue weighted by atomic mass is 16.6. The van der Waals surface area contributed by atoms with E-state index in [0.29, 0.717) is 0 Å². The summed E-state index contributed by atoms with van der Waals surface area (Å²) in [4.78, 5) is 0.